The lowest BCUT2D eigenvalue weighted by Gasteiger charge is -2.24. The van der Waals surface area contributed by atoms with Crippen LogP contribution < -0.4 is 0 Å². The number of carbonyl (C=O) groups excluding carboxylic acids is 2. The second-order valence-electron chi connectivity index (χ2n) is 3.93. The molecule has 0 aromatic heterocycles. The van der Waals surface area contributed by atoms with E-state index >= 15 is 0 Å². The number of carbonyl (C=O) groups is 2. The van der Waals surface area contributed by atoms with Crippen molar-refractivity contribution in [1.29, 1.82) is 0 Å². The Morgan fingerprint density at radius 3 is 2.81 bits per heavy atom. The summed E-state index contributed by atoms with van der Waals surface area (Å²) in [6.45, 7) is 3.31. The first-order valence-electron chi connectivity index (χ1n) is 5.00. The van der Waals surface area contributed by atoms with Crippen molar-refractivity contribution in [3.05, 3.63) is 33.8 Å². The van der Waals surface area contributed by atoms with Gasteiger partial charge in [0.15, 0.2) is 11.9 Å². The van der Waals surface area contributed by atoms with E-state index in [1.54, 1.807) is 6.07 Å². The maximum Gasteiger partial charge on any atom is 0.340 e. The molecule has 0 saturated heterocycles. The van der Waals surface area contributed by atoms with Crippen LogP contribution in [0.15, 0.2) is 12.1 Å². The van der Waals surface area contributed by atoms with Crippen LogP contribution in [0.5, 0.6) is 0 Å². The normalized spacial score (nSPS) is 18.9. The Balaban J connectivity index is 2.54. The van der Waals surface area contributed by atoms with Crippen LogP contribution in [0.1, 0.15) is 28.4 Å². The van der Waals surface area contributed by atoms with Gasteiger partial charge in [0, 0.05) is 6.42 Å². The molecule has 1 aliphatic rings. The number of benzene rings is 1. The summed E-state index contributed by atoms with van der Waals surface area (Å²) >= 11 is 5.95. The lowest BCUT2D eigenvalue weighted by atomic mass is 9.93. The molecule has 1 heterocycles. The molecule has 0 fully saturated rings. The molecular formula is C12H11ClO3. The number of Topliss-reactive ketones (excluding diaryl/α,β-unsaturated/α-hetero) is 1. The van der Waals surface area contributed by atoms with Crippen LogP contribution in [0.4, 0.5) is 0 Å². The summed E-state index contributed by atoms with van der Waals surface area (Å²) in [5.41, 5.74) is 2.19. The van der Waals surface area contributed by atoms with Crippen LogP contribution in [0, 0.1) is 6.92 Å². The molecule has 1 aliphatic heterocycles. The second-order valence-corrected chi connectivity index (χ2v) is 4.33. The van der Waals surface area contributed by atoms with Gasteiger partial charge in [-0.25, -0.2) is 4.79 Å². The average molecular weight is 239 g/mol. The van der Waals surface area contributed by atoms with Crippen molar-refractivity contribution in [2.45, 2.75) is 26.4 Å². The smallest absolute Gasteiger partial charge is 0.340 e. The first kappa shape index (κ1) is 11.1. The summed E-state index contributed by atoms with van der Waals surface area (Å²) in [5.74, 6) is -0.645. The van der Waals surface area contributed by atoms with Gasteiger partial charge in [-0.2, -0.15) is 0 Å². The van der Waals surface area contributed by atoms with Crippen molar-refractivity contribution >= 4 is 23.4 Å². The van der Waals surface area contributed by atoms with Crippen molar-refractivity contribution < 1.29 is 14.3 Å². The number of halogens is 1. The Kier molecular flexibility index (Phi) is 2.72. The van der Waals surface area contributed by atoms with Crippen molar-refractivity contribution in [3.8, 4) is 0 Å². The van der Waals surface area contributed by atoms with E-state index in [0.29, 0.717) is 17.0 Å². The van der Waals surface area contributed by atoms with Gasteiger partial charge in [0.2, 0.25) is 0 Å². The minimum absolute atomic E-state index is 0.140. The fourth-order valence-corrected chi connectivity index (χ4v) is 2.10. The van der Waals surface area contributed by atoms with Crippen molar-refractivity contribution in [3.63, 3.8) is 0 Å². The van der Waals surface area contributed by atoms with Crippen LogP contribution in [0.3, 0.4) is 0 Å². The van der Waals surface area contributed by atoms with Crippen LogP contribution in [0.25, 0.3) is 0 Å². The Hall–Kier alpha value is -1.35. The van der Waals surface area contributed by atoms with E-state index in [2.05, 4.69) is 0 Å². The van der Waals surface area contributed by atoms with E-state index in [-0.39, 0.29) is 5.78 Å². The van der Waals surface area contributed by atoms with E-state index in [0.717, 1.165) is 11.1 Å². The third-order valence-corrected chi connectivity index (χ3v) is 3.11. The molecule has 1 aromatic carbocycles. The highest BCUT2D eigenvalue weighted by Crippen LogP contribution is 2.29. The summed E-state index contributed by atoms with van der Waals surface area (Å²) < 4.78 is 5.04. The van der Waals surface area contributed by atoms with E-state index < -0.39 is 12.1 Å². The lowest BCUT2D eigenvalue weighted by molar-refractivity contribution is -0.125. The third kappa shape index (κ3) is 1.71. The van der Waals surface area contributed by atoms with E-state index in [1.165, 1.54) is 6.92 Å². The molecule has 1 unspecified atom stereocenters. The number of fused-ring (bicyclic) bond motifs is 1. The summed E-state index contributed by atoms with van der Waals surface area (Å²) in [6, 6.07) is 3.52. The predicted molar refractivity (Wildman–Crippen MR) is 59.8 cm³/mol. The molecule has 0 bridgehead atoms. The number of esters is 1. The van der Waals surface area contributed by atoms with Gasteiger partial charge in [0.05, 0.1) is 10.6 Å². The van der Waals surface area contributed by atoms with Crippen LogP contribution in [-0.4, -0.2) is 17.9 Å². The number of hydrogen-bond donors (Lipinski definition) is 0. The Morgan fingerprint density at radius 1 is 1.50 bits per heavy atom. The molecule has 2 rings (SSSR count). The lowest BCUT2D eigenvalue weighted by Crippen LogP contribution is -2.33. The van der Waals surface area contributed by atoms with E-state index in [1.807, 2.05) is 13.0 Å². The van der Waals surface area contributed by atoms with Crippen LogP contribution in [0.2, 0.25) is 5.02 Å². The average Bonchev–Trinajstić information content (AvgIpc) is 2.22. The van der Waals surface area contributed by atoms with Crippen LogP contribution in [-0.2, 0) is 16.0 Å². The zero-order valence-electron chi connectivity index (χ0n) is 9.04. The zero-order valence-corrected chi connectivity index (χ0v) is 9.80. The highest BCUT2D eigenvalue weighted by Gasteiger charge is 2.31. The Labute approximate surface area is 98.4 Å². The van der Waals surface area contributed by atoms with Gasteiger partial charge in [0.1, 0.15) is 0 Å². The van der Waals surface area contributed by atoms with Gasteiger partial charge in [-0.3, -0.25) is 4.79 Å². The molecule has 0 spiro atoms. The molecule has 3 nitrogen and oxygen atoms in total. The topological polar surface area (TPSA) is 43.4 Å². The highest BCUT2D eigenvalue weighted by atomic mass is 35.5. The van der Waals surface area contributed by atoms with Gasteiger partial charge in [-0.1, -0.05) is 17.7 Å². The monoisotopic (exact) mass is 238 g/mol. The van der Waals surface area contributed by atoms with Crippen molar-refractivity contribution in [1.82, 2.24) is 0 Å². The molecule has 4 heteroatoms. The molecule has 0 aliphatic carbocycles. The van der Waals surface area contributed by atoms with Crippen molar-refractivity contribution in [2.24, 2.45) is 0 Å². The number of rotatable bonds is 1. The van der Waals surface area contributed by atoms with E-state index in [9.17, 15) is 9.59 Å². The fourth-order valence-electron chi connectivity index (χ4n) is 1.85. The molecule has 84 valence electrons. The molecule has 0 amide bonds. The predicted octanol–water partition coefficient (Wildman–Crippen LogP) is 2.32. The SMILES string of the molecule is CC(=O)C1Cc2c(C)ccc(Cl)c2C(=O)O1. The molecule has 0 radical (unpaired) electrons. The third-order valence-electron chi connectivity index (χ3n) is 2.79. The molecule has 1 aromatic rings. The van der Waals surface area contributed by atoms with E-state index in [4.69, 9.17) is 16.3 Å². The van der Waals surface area contributed by atoms with Crippen LogP contribution >= 0.6 is 11.6 Å². The van der Waals surface area contributed by atoms with Gasteiger partial charge < -0.3 is 4.74 Å². The molecule has 1 atom stereocenters. The number of hydrogen-bond acceptors (Lipinski definition) is 3. The largest absolute Gasteiger partial charge is 0.450 e. The summed E-state index contributed by atoms with van der Waals surface area (Å²) in [6.07, 6.45) is -0.250. The summed E-state index contributed by atoms with van der Waals surface area (Å²) in [4.78, 5) is 23.0. The van der Waals surface area contributed by atoms with Gasteiger partial charge >= 0.3 is 5.97 Å². The Bertz CT molecular complexity index is 479. The first-order valence-corrected chi connectivity index (χ1v) is 5.38. The molecular weight excluding hydrogens is 228 g/mol. The maximum absolute atomic E-state index is 11.7. The molecule has 0 saturated carbocycles. The maximum atomic E-state index is 11.7. The summed E-state index contributed by atoms with van der Waals surface area (Å²) in [5, 5.41) is 0.382. The number of aryl methyl sites for hydroxylation is 1. The molecule has 16 heavy (non-hydrogen) atoms. The quantitative estimate of drug-likeness (QED) is 0.706. The standard InChI is InChI=1S/C12H11ClO3/c1-6-3-4-9(13)11-8(6)5-10(7(2)14)16-12(11)15/h3-4,10H,5H2,1-2H3. The minimum atomic E-state index is -0.669. The first-order chi connectivity index (χ1) is 7.50. The minimum Gasteiger partial charge on any atom is -0.450 e. The Morgan fingerprint density at radius 2 is 2.19 bits per heavy atom. The number of cyclic esters (lactones) is 1. The molecule has 0 N–H and O–H groups in total. The fraction of sp³-hybridized carbons (Fsp3) is 0.333. The number of ether oxygens (including phenoxy) is 1. The van der Waals surface area contributed by atoms with Gasteiger partial charge in [-0.05, 0) is 31.0 Å². The number of ketones is 1. The summed E-state index contributed by atoms with van der Waals surface area (Å²) in [7, 11) is 0. The van der Waals surface area contributed by atoms with Gasteiger partial charge in [0.25, 0.3) is 0 Å². The zero-order chi connectivity index (χ0) is 11.9. The van der Waals surface area contributed by atoms with Crippen molar-refractivity contribution in [2.75, 3.05) is 0 Å². The second kappa shape index (κ2) is 3.91. The highest BCUT2D eigenvalue weighted by molar-refractivity contribution is 6.34. The van der Waals surface area contributed by atoms with Gasteiger partial charge in [-0.15, -0.1) is 0 Å².